The Labute approximate surface area is 149 Å². The van der Waals surface area contributed by atoms with E-state index in [1.54, 1.807) is 0 Å². The highest BCUT2D eigenvalue weighted by atomic mass is 32.1. The van der Waals surface area contributed by atoms with Gasteiger partial charge < -0.3 is 10.2 Å². The number of para-hydroxylation sites is 1. The van der Waals surface area contributed by atoms with Crippen LogP contribution in [0.25, 0.3) is 0 Å². The first-order chi connectivity index (χ1) is 11.6. The number of nitrogens with zero attached hydrogens (tertiary/aromatic N) is 1. The highest BCUT2D eigenvalue weighted by molar-refractivity contribution is 7.80. The minimum atomic E-state index is -0.144. The van der Waals surface area contributed by atoms with Crippen LogP contribution in [-0.2, 0) is 4.79 Å². The SMILES string of the molecule is CCN(C(=S)NC(=O)C12CC3CC(CC(C3)C1)C2)c1ccccc1. The van der Waals surface area contributed by atoms with Gasteiger partial charge in [-0.1, -0.05) is 18.2 Å². The van der Waals surface area contributed by atoms with E-state index in [1.807, 2.05) is 35.2 Å². The van der Waals surface area contributed by atoms with Crippen molar-refractivity contribution in [2.45, 2.75) is 45.4 Å². The second-order valence-electron chi connectivity index (χ2n) is 8.04. The van der Waals surface area contributed by atoms with Gasteiger partial charge >= 0.3 is 0 Å². The maximum absolute atomic E-state index is 13.1. The largest absolute Gasteiger partial charge is 0.319 e. The number of nitrogens with one attached hydrogen (secondary N) is 1. The molecule has 4 fully saturated rings. The maximum Gasteiger partial charge on any atom is 0.232 e. The molecule has 0 aliphatic heterocycles. The molecule has 4 saturated carbocycles. The van der Waals surface area contributed by atoms with Gasteiger partial charge in [-0.05, 0) is 87.6 Å². The summed E-state index contributed by atoms with van der Waals surface area (Å²) in [6, 6.07) is 10.1. The number of hydrogen-bond acceptors (Lipinski definition) is 2. The minimum absolute atomic E-state index is 0.144. The van der Waals surface area contributed by atoms with Crippen molar-refractivity contribution >= 4 is 28.9 Å². The molecule has 24 heavy (non-hydrogen) atoms. The second-order valence-corrected chi connectivity index (χ2v) is 8.42. The van der Waals surface area contributed by atoms with Crippen LogP contribution in [0.15, 0.2) is 30.3 Å². The third kappa shape index (κ3) is 2.75. The number of anilines is 1. The molecule has 0 atom stereocenters. The van der Waals surface area contributed by atoms with Gasteiger partial charge in [0.1, 0.15) is 0 Å². The summed E-state index contributed by atoms with van der Waals surface area (Å²) in [5.41, 5.74) is 0.894. The molecule has 0 saturated heterocycles. The second kappa shape index (κ2) is 6.14. The molecule has 1 aromatic carbocycles. The van der Waals surface area contributed by atoms with Crippen LogP contribution in [0.3, 0.4) is 0 Å². The molecule has 4 heteroatoms. The molecule has 1 amide bonds. The summed E-state index contributed by atoms with van der Waals surface area (Å²) in [5.74, 6) is 2.49. The summed E-state index contributed by atoms with van der Waals surface area (Å²) >= 11 is 5.58. The maximum atomic E-state index is 13.1. The Morgan fingerprint density at radius 2 is 1.67 bits per heavy atom. The van der Waals surface area contributed by atoms with Crippen LogP contribution in [0.4, 0.5) is 5.69 Å². The van der Waals surface area contributed by atoms with Gasteiger partial charge in [-0.2, -0.15) is 0 Å². The Morgan fingerprint density at radius 1 is 1.12 bits per heavy atom. The highest BCUT2D eigenvalue weighted by Crippen LogP contribution is 2.60. The predicted octanol–water partition coefficient (Wildman–Crippen LogP) is 4.13. The first-order valence-corrected chi connectivity index (χ1v) is 9.68. The van der Waals surface area contributed by atoms with Crippen LogP contribution in [0.2, 0.25) is 0 Å². The van der Waals surface area contributed by atoms with Crippen LogP contribution in [-0.4, -0.2) is 17.6 Å². The summed E-state index contributed by atoms with van der Waals surface area (Å²) in [6.45, 7) is 2.82. The molecule has 128 valence electrons. The Hall–Kier alpha value is -1.42. The van der Waals surface area contributed by atoms with Gasteiger partial charge in [0.25, 0.3) is 0 Å². The van der Waals surface area contributed by atoms with Crippen molar-refractivity contribution in [3.05, 3.63) is 30.3 Å². The number of hydrogen-bond donors (Lipinski definition) is 1. The van der Waals surface area contributed by atoms with Gasteiger partial charge in [-0.25, -0.2) is 0 Å². The van der Waals surface area contributed by atoms with Crippen molar-refractivity contribution < 1.29 is 4.79 Å². The van der Waals surface area contributed by atoms with Gasteiger partial charge in [-0.3, -0.25) is 4.79 Å². The summed E-state index contributed by atoms with van der Waals surface area (Å²) in [5, 5.41) is 3.65. The number of thiocarbonyl (C=S) groups is 1. The number of carbonyl (C=O) groups is 1. The van der Waals surface area contributed by atoms with Crippen molar-refractivity contribution in [3.63, 3.8) is 0 Å². The molecular formula is C20H26N2OS. The predicted molar refractivity (Wildman–Crippen MR) is 101 cm³/mol. The van der Waals surface area contributed by atoms with E-state index >= 15 is 0 Å². The zero-order valence-corrected chi connectivity index (χ0v) is 15.1. The molecule has 4 bridgehead atoms. The molecule has 0 radical (unpaired) electrons. The van der Waals surface area contributed by atoms with Gasteiger partial charge in [0.05, 0.1) is 5.41 Å². The zero-order chi connectivity index (χ0) is 16.7. The number of amides is 1. The molecule has 4 aliphatic carbocycles. The van der Waals surface area contributed by atoms with Gasteiger partial charge in [0.15, 0.2) is 5.11 Å². The average molecular weight is 343 g/mol. The third-order valence-corrected chi connectivity index (χ3v) is 6.69. The Bertz CT molecular complexity index is 607. The number of carbonyl (C=O) groups excluding carboxylic acids is 1. The lowest BCUT2D eigenvalue weighted by Crippen LogP contribution is -2.56. The number of rotatable bonds is 3. The molecule has 0 aromatic heterocycles. The lowest BCUT2D eigenvalue weighted by atomic mass is 9.49. The molecule has 4 aliphatic rings. The smallest absolute Gasteiger partial charge is 0.232 e. The molecule has 0 heterocycles. The van der Waals surface area contributed by atoms with Crippen LogP contribution >= 0.6 is 12.2 Å². The van der Waals surface area contributed by atoms with Gasteiger partial charge in [-0.15, -0.1) is 0 Å². The van der Waals surface area contributed by atoms with E-state index in [0.717, 1.165) is 49.2 Å². The highest BCUT2D eigenvalue weighted by Gasteiger charge is 2.54. The molecule has 1 N–H and O–H groups in total. The summed E-state index contributed by atoms with van der Waals surface area (Å²) in [4.78, 5) is 15.1. The van der Waals surface area contributed by atoms with Crippen LogP contribution < -0.4 is 10.2 Å². The third-order valence-electron chi connectivity index (χ3n) is 6.37. The lowest BCUT2D eigenvalue weighted by Gasteiger charge is -2.55. The van der Waals surface area contributed by atoms with Crippen LogP contribution in [0, 0.1) is 23.2 Å². The van der Waals surface area contributed by atoms with E-state index in [4.69, 9.17) is 12.2 Å². The minimum Gasteiger partial charge on any atom is -0.319 e. The zero-order valence-electron chi connectivity index (χ0n) is 14.3. The van der Waals surface area contributed by atoms with Crippen molar-refractivity contribution in [2.75, 3.05) is 11.4 Å². The molecule has 1 aromatic rings. The molecule has 5 rings (SSSR count). The normalized spacial score (nSPS) is 33.3. The van der Waals surface area contributed by atoms with E-state index in [1.165, 1.54) is 19.3 Å². The van der Waals surface area contributed by atoms with Crippen molar-refractivity contribution in [1.82, 2.24) is 5.32 Å². The molecule has 0 unspecified atom stereocenters. The van der Waals surface area contributed by atoms with Crippen molar-refractivity contribution in [1.29, 1.82) is 0 Å². The van der Waals surface area contributed by atoms with Crippen molar-refractivity contribution in [2.24, 2.45) is 23.2 Å². The summed E-state index contributed by atoms with van der Waals surface area (Å²) < 4.78 is 0. The first-order valence-electron chi connectivity index (χ1n) is 9.27. The van der Waals surface area contributed by atoms with E-state index in [-0.39, 0.29) is 11.3 Å². The van der Waals surface area contributed by atoms with E-state index in [9.17, 15) is 4.79 Å². The monoisotopic (exact) mass is 342 g/mol. The molecule has 0 spiro atoms. The Balaban J connectivity index is 1.48. The van der Waals surface area contributed by atoms with Crippen LogP contribution in [0.1, 0.15) is 45.4 Å². The van der Waals surface area contributed by atoms with E-state index in [0.29, 0.717) is 5.11 Å². The number of benzene rings is 1. The van der Waals surface area contributed by atoms with Crippen LogP contribution in [0.5, 0.6) is 0 Å². The fourth-order valence-electron chi connectivity index (χ4n) is 5.74. The van der Waals surface area contributed by atoms with E-state index < -0.39 is 0 Å². The van der Waals surface area contributed by atoms with Crippen molar-refractivity contribution in [3.8, 4) is 0 Å². The van der Waals surface area contributed by atoms with Gasteiger partial charge in [0, 0.05) is 12.2 Å². The fourth-order valence-corrected chi connectivity index (χ4v) is 6.06. The summed E-state index contributed by atoms with van der Waals surface area (Å²) in [6.07, 6.45) is 7.27. The fraction of sp³-hybridized carbons (Fsp3) is 0.600. The van der Waals surface area contributed by atoms with Gasteiger partial charge in [0.2, 0.25) is 5.91 Å². The average Bonchev–Trinajstić information content (AvgIpc) is 2.55. The molecular weight excluding hydrogens is 316 g/mol. The lowest BCUT2D eigenvalue weighted by molar-refractivity contribution is -0.144. The van der Waals surface area contributed by atoms with E-state index in [2.05, 4.69) is 12.2 Å². The quantitative estimate of drug-likeness (QED) is 0.838. The summed E-state index contributed by atoms with van der Waals surface area (Å²) in [7, 11) is 0. The standard InChI is InChI=1S/C20H26N2OS/c1-2-22(17-6-4-3-5-7-17)19(24)21-18(23)20-11-14-8-15(12-20)10-16(9-14)13-20/h3-7,14-16H,2,8-13H2,1H3,(H,21,23,24). The topological polar surface area (TPSA) is 32.3 Å². The Morgan fingerprint density at radius 3 is 2.17 bits per heavy atom. The molecule has 3 nitrogen and oxygen atoms in total. The Kier molecular flexibility index (Phi) is 4.11. The first kappa shape index (κ1) is 16.1.